The Morgan fingerprint density at radius 3 is 1.33 bits per heavy atom. The van der Waals surface area contributed by atoms with Gasteiger partial charge < -0.3 is 5.73 Å². The molecule has 0 aromatic heterocycles. The van der Waals surface area contributed by atoms with Gasteiger partial charge in [-0.25, -0.2) is 0 Å². The van der Waals surface area contributed by atoms with Crippen LogP contribution in [-0.4, -0.2) is 6.54 Å². The molecule has 1 aromatic rings. The van der Waals surface area contributed by atoms with Crippen LogP contribution in [0.15, 0.2) is 36.4 Å². The zero-order chi connectivity index (χ0) is 9.23. The van der Waals surface area contributed by atoms with E-state index in [9.17, 15) is 0 Å². The molecule has 0 unspecified atom stereocenters. The van der Waals surface area contributed by atoms with Gasteiger partial charge in [-0.1, -0.05) is 50.2 Å². The maximum atomic E-state index is 5.23. The molecule has 0 saturated heterocycles. The van der Waals surface area contributed by atoms with Gasteiger partial charge in [0.05, 0.1) is 0 Å². The van der Waals surface area contributed by atoms with Crippen molar-refractivity contribution in [3.63, 3.8) is 0 Å². The van der Waals surface area contributed by atoms with Gasteiger partial charge in [0, 0.05) is 0 Å². The molecule has 1 nitrogen and oxygen atoms in total. The van der Waals surface area contributed by atoms with Gasteiger partial charge >= 0.3 is 0 Å². The Hall–Kier alpha value is -0.820. The van der Waals surface area contributed by atoms with E-state index in [1.807, 2.05) is 36.4 Å². The molecule has 68 valence electrons. The summed E-state index contributed by atoms with van der Waals surface area (Å²) in [7, 11) is 0. The smallest absolute Gasteiger partial charge is 0.00748 e. The Bertz CT molecular complexity index is 131. The average Bonchev–Trinajstić information content (AvgIpc) is 2.08. The molecule has 1 rings (SSSR count). The number of nitrogens with two attached hydrogens (primary N) is 1. The summed E-state index contributed by atoms with van der Waals surface area (Å²) in [5.41, 5.74) is 5.23. The molecule has 0 aliphatic heterocycles. The molecule has 0 atom stereocenters. The van der Waals surface area contributed by atoms with E-state index in [4.69, 9.17) is 5.73 Å². The Labute approximate surface area is 75.6 Å². The Kier molecular flexibility index (Phi) is 7.71. The van der Waals surface area contributed by atoms with Crippen molar-refractivity contribution in [2.75, 3.05) is 6.54 Å². The lowest BCUT2D eigenvalue weighted by Crippen LogP contribution is -2.01. The summed E-state index contributed by atoms with van der Waals surface area (Å²) in [6.07, 6.45) is 1.15. The first kappa shape index (κ1) is 11.2. The molecular formula is C11H19N. The maximum Gasteiger partial charge on any atom is -0.00748 e. The van der Waals surface area contributed by atoms with E-state index in [1.54, 1.807) is 0 Å². The van der Waals surface area contributed by atoms with E-state index < -0.39 is 0 Å². The number of hydrogen-bond donors (Lipinski definition) is 1. The highest BCUT2D eigenvalue weighted by molar-refractivity contribution is 4.99. The zero-order valence-electron chi connectivity index (χ0n) is 8.03. The second-order valence-electron chi connectivity index (χ2n) is 3.13. The molecule has 0 spiro atoms. The molecule has 0 fully saturated rings. The SMILES string of the molecule is CC(C)CCN.c1ccccc1. The second kappa shape index (κ2) is 8.28. The van der Waals surface area contributed by atoms with Crippen molar-refractivity contribution in [1.29, 1.82) is 0 Å². The van der Waals surface area contributed by atoms with Crippen LogP contribution in [0.1, 0.15) is 20.3 Å². The zero-order valence-corrected chi connectivity index (χ0v) is 8.03. The highest BCUT2D eigenvalue weighted by Crippen LogP contribution is 1.93. The molecule has 0 heterocycles. The first-order valence-corrected chi connectivity index (χ1v) is 4.47. The van der Waals surface area contributed by atoms with Gasteiger partial charge in [0.1, 0.15) is 0 Å². The van der Waals surface area contributed by atoms with Crippen LogP contribution < -0.4 is 5.73 Å². The van der Waals surface area contributed by atoms with Crippen molar-refractivity contribution < 1.29 is 0 Å². The third-order valence-corrected chi connectivity index (χ3v) is 1.41. The van der Waals surface area contributed by atoms with Crippen molar-refractivity contribution in [2.45, 2.75) is 20.3 Å². The van der Waals surface area contributed by atoms with Gasteiger partial charge in [-0.3, -0.25) is 0 Å². The van der Waals surface area contributed by atoms with Crippen molar-refractivity contribution in [2.24, 2.45) is 11.7 Å². The van der Waals surface area contributed by atoms with Crippen LogP contribution in [0.3, 0.4) is 0 Å². The average molecular weight is 165 g/mol. The summed E-state index contributed by atoms with van der Waals surface area (Å²) in [6.45, 7) is 5.18. The van der Waals surface area contributed by atoms with Crippen LogP contribution in [0, 0.1) is 5.92 Å². The fourth-order valence-electron chi connectivity index (χ4n) is 0.718. The fourth-order valence-corrected chi connectivity index (χ4v) is 0.718. The minimum absolute atomic E-state index is 0.773. The molecule has 1 heteroatoms. The molecule has 0 aliphatic rings. The Balaban J connectivity index is 0.000000202. The molecule has 0 radical (unpaired) electrons. The van der Waals surface area contributed by atoms with Crippen molar-refractivity contribution in [1.82, 2.24) is 0 Å². The van der Waals surface area contributed by atoms with Crippen molar-refractivity contribution >= 4 is 0 Å². The monoisotopic (exact) mass is 165 g/mol. The van der Waals surface area contributed by atoms with Crippen molar-refractivity contribution in [3.05, 3.63) is 36.4 Å². The highest BCUT2D eigenvalue weighted by Gasteiger charge is 1.85. The fraction of sp³-hybridized carbons (Fsp3) is 0.455. The molecule has 12 heavy (non-hydrogen) atoms. The summed E-state index contributed by atoms with van der Waals surface area (Å²) < 4.78 is 0. The minimum Gasteiger partial charge on any atom is -0.330 e. The quantitative estimate of drug-likeness (QED) is 0.716. The summed E-state index contributed by atoms with van der Waals surface area (Å²) in [6, 6.07) is 12.0. The summed E-state index contributed by atoms with van der Waals surface area (Å²) in [5, 5.41) is 0. The van der Waals surface area contributed by atoms with Crippen LogP contribution in [0.4, 0.5) is 0 Å². The molecule has 1 aromatic carbocycles. The van der Waals surface area contributed by atoms with E-state index in [1.165, 1.54) is 0 Å². The molecular weight excluding hydrogens is 146 g/mol. The van der Waals surface area contributed by atoms with E-state index in [0.29, 0.717) is 0 Å². The lowest BCUT2D eigenvalue weighted by Gasteiger charge is -1.96. The van der Waals surface area contributed by atoms with Gasteiger partial charge in [-0.05, 0) is 18.9 Å². The molecule has 0 bridgehead atoms. The minimum atomic E-state index is 0.773. The van der Waals surface area contributed by atoms with Gasteiger partial charge in [0.2, 0.25) is 0 Å². The third-order valence-electron chi connectivity index (χ3n) is 1.41. The van der Waals surface area contributed by atoms with E-state index in [2.05, 4.69) is 13.8 Å². The van der Waals surface area contributed by atoms with Crippen LogP contribution in [0.5, 0.6) is 0 Å². The standard InChI is InChI=1S/C6H6.C5H13N/c1-2-4-6-5-3-1;1-5(2)3-4-6/h1-6H;5H,3-4,6H2,1-2H3. The number of hydrogen-bond acceptors (Lipinski definition) is 1. The van der Waals surface area contributed by atoms with Gasteiger partial charge in [0.15, 0.2) is 0 Å². The van der Waals surface area contributed by atoms with E-state index in [0.717, 1.165) is 18.9 Å². The lowest BCUT2D eigenvalue weighted by molar-refractivity contribution is 0.596. The first-order valence-electron chi connectivity index (χ1n) is 4.47. The number of rotatable bonds is 2. The number of benzene rings is 1. The molecule has 0 aliphatic carbocycles. The second-order valence-corrected chi connectivity index (χ2v) is 3.13. The molecule has 0 amide bonds. The van der Waals surface area contributed by atoms with E-state index >= 15 is 0 Å². The summed E-state index contributed by atoms with van der Waals surface area (Å²) in [5.74, 6) is 0.773. The van der Waals surface area contributed by atoms with Crippen LogP contribution in [-0.2, 0) is 0 Å². The lowest BCUT2D eigenvalue weighted by atomic mass is 10.1. The van der Waals surface area contributed by atoms with Gasteiger partial charge in [0.25, 0.3) is 0 Å². The van der Waals surface area contributed by atoms with Gasteiger partial charge in [-0.15, -0.1) is 0 Å². The third kappa shape index (κ3) is 9.18. The van der Waals surface area contributed by atoms with Crippen LogP contribution in [0.25, 0.3) is 0 Å². The highest BCUT2D eigenvalue weighted by atomic mass is 14.5. The van der Waals surface area contributed by atoms with Crippen LogP contribution >= 0.6 is 0 Å². The largest absolute Gasteiger partial charge is 0.330 e. The predicted octanol–water partition coefficient (Wildman–Crippen LogP) is 2.68. The topological polar surface area (TPSA) is 26.0 Å². The van der Waals surface area contributed by atoms with Gasteiger partial charge in [-0.2, -0.15) is 0 Å². The Morgan fingerprint density at radius 1 is 0.917 bits per heavy atom. The first-order chi connectivity index (χ1) is 5.77. The Morgan fingerprint density at radius 2 is 1.25 bits per heavy atom. The molecule has 2 N–H and O–H groups in total. The van der Waals surface area contributed by atoms with Crippen LogP contribution in [0.2, 0.25) is 0 Å². The summed E-state index contributed by atoms with van der Waals surface area (Å²) >= 11 is 0. The molecule has 0 saturated carbocycles. The van der Waals surface area contributed by atoms with E-state index in [-0.39, 0.29) is 0 Å². The predicted molar refractivity (Wildman–Crippen MR) is 55.0 cm³/mol. The summed E-state index contributed by atoms with van der Waals surface area (Å²) in [4.78, 5) is 0. The van der Waals surface area contributed by atoms with Crippen molar-refractivity contribution in [3.8, 4) is 0 Å². The normalized spacial score (nSPS) is 9.00. The maximum absolute atomic E-state index is 5.23.